The standard InChI is InChI=1S/C22H26N2O5/c25-12-3-1-2-4-13-29-14-6-8-16-7-5-9-17-18(16)15-24(22(17)28)19-10-11-20(26)23-21(19)27/h5,7,9,19,25H,1-4,10-15H2,(H,23,26,27). The molecule has 7 nitrogen and oxygen atoms in total. The van der Waals surface area contributed by atoms with E-state index in [1.807, 2.05) is 6.07 Å². The molecule has 0 spiro atoms. The second kappa shape index (κ2) is 10.2. The molecule has 1 atom stereocenters. The smallest absolute Gasteiger partial charge is 0.255 e. The number of benzene rings is 1. The number of unbranched alkanes of at least 4 members (excludes halogenated alkanes) is 3. The van der Waals surface area contributed by atoms with Gasteiger partial charge in [0, 0.05) is 37.3 Å². The summed E-state index contributed by atoms with van der Waals surface area (Å²) in [6.07, 6.45) is 4.38. The van der Waals surface area contributed by atoms with Crippen molar-refractivity contribution in [1.82, 2.24) is 10.2 Å². The molecule has 1 unspecified atom stereocenters. The van der Waals surface area contributed by atoms with Crippen molar-refractivity contribution in [2.75, 3.05) is 19.8 Å². The lowest BCUT2D eigenvalue weighted by Gasteiger charge is -2.29. The zero-order chi connectivity index (χ0) is 20.6. The van der Waals surface area contributed by atoms with Gasteiger partial charge in [-0.15, -0.1) is 0 Å². The van der Waals surface area contributed by atoms with Crippen molar-refractivity contribution in [3.8, 4) is 11.8 Å². The minimum absolute atomic E-state index is 0.197. The Morgan fingerprint density at radius 3 is 2.79 bits per heavy atom. The van der Waals surface area contributed by atoms with Crippen LogP contribution in [-0.4, -0.2) is 53.6 Å². The molecule has 1 aromatic rings. The van der Waals surface area contributed by atoms with Crippen LogP contribution in [0.1, 0.15) is 60.0 Å². The van der Waals surface area contributed by atoms with Crippen LogP contribution in [0.4, 0.5) is 0 Å². The van der Waals surface area contributed by atoms with Gasteiger partial charge in [0.25, 0.3) is 5.91 Å². The first-order valence-corrected chi connectivity index (χ1v) is 10.1. The number of carbonyl (C=O) groups is 3. The first-order valence-electron chi connectivity index (χ1n) is 10.1. The number of hydrogen-bond donors (Lipinski definition) is 2. The van der Waals surface area contributed by atoms with E-state index in [4.69, 9.17) is 9.84 Å². The summed E-state index contributed by atoms with van der Waals surface area (Å²) in [6, 6.07) is 4.78. The topological polar surface area (TPSA) is 95.9 Å². The van der Waals surface area contributed by atoms with Gasteiger partial charge >= 0.3 is 0 Å². The summed E-state index contributed by atoms with van der Waals surface area (Å²) in [5, 5.41) is 11.0. The summed E-state index contributed by atoms with van der Waals surface area (Å²) < 4.78 is 5.52. The number of nitrogens with zero attached hydrogens (tertiary/aromatic N) is 1. The van der Waals surface area contributed by atoms with E-state index >= 15 is 0 Å². The Labute approximate surface area is 170 Å². The van der Waals surface area contributed by atoms with Crippen molar-refractivity contribution in [3.63, 3.8) is 0 Å². The molecule has 7 heteroatoms. The Balaban J connectivity index is 1.57. The highest BCUT2D eigenvalue weighted by Crippen LogP contribution is 2.29. The van der Waals surface area contributed by atoms with Gasteiger partial charge in [-0.2, -0.15) is 0 Å². The molecule has 1 saturated heterocycles. The Bertz CT molecular complexity index is 839. The predicted molar refractivity (Wildman–Crippen MR) is 106 cm³/mol. The summed E-state index contributed by atoms with van der Waals surface area (Å²) in [5.41, 5.74) is 2.14. The van der Waals surface area contributed by atoms with Crippen LogP contribution in [0.5, 0.6) is 0 Å². The lowest BCUT2D eigenvalue weighted by Crippen LogP contribution is -2.52. The SMILES string of the molecule is O=C1CCC(N2Cc3c(C#CCOCCCCCCO)cccc3C2=O)C(=O)N1. The van der Waals surface area contributed by atoms with Crippen molar-refractivity contribution in [3.05, 3.63) is 34.9 Å². The van der Waals surface area contributed by atoms with Gasteiger partial charge < -0.3 is 14.7 Å². The van der Waals surface area contributed by atoms with Gasteiger partial charge in [0.2, 0.25) is 11.8 Å². The molecular weight excluding hydrogens is 372 g/mol. The molecule has 3 amide bonds. The van der Waals surface area contributed by atoms with Crippen LogP contribution in [0.15, 0.2) is 18.2 Å². The van der Waals surface area contributed by atoms with Crippen LogP contribution < -0.4 is 5.32 Å². The van der Waals surface area contributed by atoms with Crippen molar-refractivity contribution >= 4 is 17.7 Å². The monoisotopic (exact) mass is 398 g/mol. The lowest BCUT2D eigenvalue weighted by molar-refractivity contribution is -0.136. The van der Waals surface area contributed by atoms with Crippen LogP contribution in [0, 0.1) is 11.8 Å². The number of rotatable bonds is 8. The summed E-state index contributed by atoms with van der Waals surface area (Å²) >= 11 is 0. The Morgan fingerprint density at radius 1 is 1.17 bits per heavy atom. The van der Waals surface area contributed by atoms with Gasteiger partial charge in [0.1, 0.15) is 12.6 Å². The number of imide groups is 1. The third-order valence-electron chi connectivity index (χ3n) is 5.18. The largest absolute Gasteiger partial charge is 0.396 e. The number of nitrogens with one attached hydrogen (secondary N) is 1. The fourth-order valence-electron chi connectivity index (χ4n) is 3.63. The van der Waals surface area contributed by atoms with Crippen LogP contribution in [0.3, 0.4) is 0 Å². The first-order chi connectivity index (χ1) is 14.1. The van der Waals surface area contributed by atoms with Gasteiger partial charge in [-0.1, -0.05) is 30.7 Å². The Kier molecular flexibility index (Phi) is 7.39. The zero-order valence-electron chi connectivity index (χ0n) is 16.4. The third kappa shape index (κ3) is 5.22. The molecule has 2 aliphatic heterocycles. The van der Waals surface area contributed by atoms with E-state index in [1.165, 1.54) is 4.90 Å². The normalized spacial score (nSPS) is 18.3. The van der Waals surface area contributed by atoms with Crippen LogP contribution >= 0.6 is 0 Å². The van der Waals surface area contributed by atoms with Gasteiger partial charge in [-0.05, 0) is 37.0 Å². The molecule has 0 bridgehead atoms. The predicted octanol–water partition coefficient (Wildman–Crippen LogP) is 1.37. The van der Waals surface area contributed by atoms with E-state index in [0.717, 1.165) is 36.8 Å². The zero-order valence-corrected chi connectivity index (χ0v) is 16.4. The minimum Gasteiger partial charge on any atom is -0.396 e. The molecule has 0 aromatic heterocycles. The quantitative estimate of drug-likeness (QED) is 0.392. The highest BCUT2D eigenvalue weighted by Gasteiger charge is 2.39. The Hall–Kier alpha value is -2.69. The van der Waals surface area contributed by atoms with Crippen LogP contribution in [0.25, 0.3) is 0 Å². The second-order valence-electron chi connectivity index (χ2n) is 7.22. The minimum atomic E-state index is -0.623. The molecular formula is C22H26N2O5. The van der Waals surface area contributed by atoms with Gasteiger partial charge in [-0.3, -0.25) is 19.7 Å². The fraction of sp³-hybridized carbons (Fsp3) is 0.500. The number of aliphatic hydroxyl groups is 1. The fourth-order valence-corrected chi connectivity index (χ4v) is 3.63. The highest BCUT2D eigenvalue weighted by atomic mass is 16.5. The third-order valence-corrected chi connectivity index (χ3v) is 5.18. The van der Waals surface area contributed by atoms with Crippen molar-refractivity contribution < 1.29 is 24.2 Å². The lowest BCUT2D eigenvalue weighted by atomic mass is 10.0. The van der Waals surface area contributed by atoms with E-state index in [1.54, 1.807) is 12.1 Å². The molecule has 1 aromatic carbocycles. The number of ether oxygens (including phenoxy) is 1. The molecule has 3 rings (SSSR count). The molecule has 2 N–H and O–H groups in total. The first kappa shape index (κ1) is 21.0. The summed E-state index contributed by atoms with van der Waals surface area (Å²) in [6.45, 7) is 1.50. The average molecular weight is 398 g/mol. The summed E-state index contributed by atoms with van der Waals surface area (Å²) in [4.78, 5) is 37.8. The van der Waals surface area contributed by atoms with Gasteiger partial charge in [0.15, 0.2) is 0 Å². The molecule has 0 aliphatic carbocycles. The summed E-state index contributed by atoms with van der Waals surface area (Å²) in [7, 11) is 0. The van der Waals surface area contributed by atoms with E-state index in [-0.39, 0.29) is 24.8 Å². The number of fused-ring (bicyclic) bond motifs is 1. The Morgan fingerprint density at radius 2 is 2.00 bits per heavy atom. The molecule has 29 heavy (non-hydrogen) atoms. The summed E-state index contributed by atoms with van der Waals surface area (Å²) in [5.74, 6) is 5.16. The number of carbonyl (C=O) groups excluding carboxylic acids is 3. The van der Waals surface area contributed by atoms with Crippen LogP contribution in [0.2, 0.25) is 0 Å². The average Bonchev–Trinajstić information content (AvgIpc) is 3.04. The highest BCUT2D eigenvalue weighted by molar-refractivity contribution is 6.05. The number of piperidine rings is 1. The molecule has 2 heterocycles. The maximum Gasteiger partial charge on any atom is 0.255 e. The number of hydrogen-bond acceptors (Lipinski definition) is 5. The van der Waals surface area contributed by atoms with Gasteiger partial charge in [-0.25, -0.2) is 0 Å². The molecule has 0 saturated carbocycles. The van der Waals surface area contributed by atoms with Crippen molar-refractivity contribution in [2.24, 2.45) is 0 Å². The van der Waals surface area contributed by atoms with E-state index < -0.39 is 11.9 Å². The molecule has 1 fully saturated rings. The van der Waals surface area contributed by atoms with Crippen LogP contribution in [-0.2, 0) is 20.9 Å². The van der Waals surface area contributed by atoms with E-state index in [0.29, 0.717) is 31.7 Å². The molecule has 2 aliphatic rings. The van der Waals surface area contributed by atoms with Crippen molar-refractivity contribution in [2.45, 2.75) is 51.1 Å². The number of amides is 3. The van der Waals surface area contributed by atoms with E-state index in [9.17, 15) is 14.4 Å². The van der Waals surface area contributed by atoms with Gasteiger partial charge in [0.05, 0.1) is 0 Å². The maximum absolute atomic E-state index is 12.8. The molecule has 154 valence electrons. The van der Waals surface area contributed by atoms with Crippen molar-refractivity contribution in [1.29, 1.82) is 0 Å². The maximum atomic E-state index is 12.8. The number of aliphatic hydroxyl groups excluding tert-OH is 1. The second-order valence-corrected chi connectivity index (χ2v) is 7.22. The molecule has 0 radical (unpaired) electrons. The van der Waals surface area contributed by atoms with E-state index in [2.05, 4.69) is 17.2 Å².